The summed E-state index contributed by atoms with van der Waals surface area (Å²) < 4.78 is 34.5. The first kappa shape index (κ1) is 10.2. The second-order valence-corrected chi connectivity index (χ2v) is 2.01. The number of rotatable bonds is 2. The number of hydrogen-bond acceptors (Lipinski definition) is 3. The second-order valence-electron chi connectivity index (χ2n) is 2.01. The Kier molecular flexibility index (Phi) is 2.80. The predicted octanol–water partition coefficient (Wildman–Crippen LogP) is 0.575. The molecule has 0 rings (SSSR count). The van der Waals surface area contributed by atoms with Gasteiger partial charge < -0.3 is 5.11 Å². The van der Waals surface area contributed by atoms with Crippen molar-refractivity contribution in [2.45, 2.75) is 25.2 Å². The molecule has 0 fully saturated rings. The summed E-state index contributed by atoms with van der Waals surface area (Å²) in [4.78, 5) is 8.55. The summed E-state index contributed by atoms with van der Waals surface area (Å²) >= 11 is 0. The summed E-state index contributed by atoms with van der Waals surface area (Å²) in [5, 5.41) is 18.0. The van der Waals surface area contributed by atoms with Gasteiger partial charge in [0.2, 0.25) is 12.1 Å². The maximum atomic E-state index is 11.5. The number of alkyl halides is 3. The molecule has 7 heteroatoms. The van der Waals surface area contributed by atoms with E-state index in [1.165, 1.54) is 0 Å². The second kappa shape index (κ2) is 3.04. The van der Waals surface area contributed by atoms with E-state index in [9.17, 15) is 23.3 Å². The standard InChI is InChI=1S/C4H6F3NO3/c1-2(8(10)11)3(9)4(5,6)7/h2-3,9H,1H3/t2-,3-/m1/s1. The van der Waals surface area contributed by atoms with E-state index < -0.39 is 23.2 Å². The molecule has 0 saturated carbocycles. The van der Waals surface area contributed by atoms with Crippen LogP contribution in [0, 0.1) is 10.1 Å². The lowest BCUT2D eigenvalue weighted by atomic mass is 10.2. The molecule has 4 nitrogen and oxygen atoms in total. The van der Waals surface area contributed by atoms with Crippen LogP contribution in [-0.4, -0.2) is 28.4 Å². The van der Waals surface area contributed by atoms with Crippen molar-refractivity contribution in [1.82, 2.24) is 0 Å². The summed E-state index contributed by atoms with van der Waals surface area (Å²) in [6, 6.07) is -2.02. The molecule has 0 aliphatic heterocycles. The molecule has 0 spiro atoms. The Labute approximate surface area is 59.8 Å². The van der Waals surface area contributed by atoms with Crippen molar-refractivity contribution < 1.29 is 23.2 Å². The summed E-state index contributed by atoms with van der Waals surface area (Å²) in [5.74, 6) is 0. The number of aliphatic hydroxyl groups excluding tert-OH is 1. The predicted molar refractivity (Wildman–Crippen MR) is 28.5 cm³/mol. The quantitative estimate of drug-likeness (QED) is 0.490. The van der Waals surface area contributed by atoms with Crippen molar-refractivity contribution in [3.63, 3.8) is 0 Å². The molecule has 0 unspecified atom stereocenters. The first-order valence-corrected chi connectivity index (χ1v) is 2.65. The Morgan fingerprint density at radius 1 is 1.55 bits per heavy atom. The van der Waals surface area contributed by atoms with Crippen LogP contribution in [0.25, 0.3) is 0 Å². The molecule has 0 saturated heterocycles. The number of aliphatic hydroxyl groups is 1. The van der Waals surface area contributed by atoms with E-state index in [4.69, 9.17) is 5.11 Å². The minimum absolute atomic E-state index is 0.693. The zero-order valence-corrected chi connectivity index (χ0v) is 5.50. The maximum Gasteiger partial charge on any atom is 0.421 e. The van der Waals surface area contributed by atoms with Gasteiger partial charge in [0.05, 0.1) is 0 Å². The number of nitro groups is 1. The molecule has 0 aliphatic carbocycles. The van der Waals surface area contributed by atoms with Crippen LogP contribution in [0.2, 0.25) is 0 Å². The fraction of sp³-hybridized carbons (Fsp3) is 1.00. The van der Waals surface area contributed by atoms with Gasteiger partial charge in [-0.05, 0) is 0 Å². The first-order valence-electron chi connectivity index (χ1n) is 2.65. The van der Waals surface area contributed by atoms with E-state index in [-0.39, 0.29) is 0 Å². The molecule has 66 valence electrons. The van der Waals surface area contributed by atoms with Crippen LogP contribution in [0.15, 0.2) is 0 Å². The molecular formula is C4H6F3NO3. The van der Waals surface area contributed by atoms with Gasteiger partial charge in [-0.15, -0.1) is 0 Å². The summed E-state index contributed by atoms with van der Waals surface area (Å²) in [6.45, 7) is 0.693. The Balaban J connectivity index is 4.25. The highest BCUT2D eigenvalue weighted by Crippen LogP contribution is 2.23. The monoisotopic (exact) mass is 173 g/mol. The normalized spacial score (nSPS) is 17.5. The van der Waals surface area contributed by atoms with Crippen LogP contribution in [0.1, 0.15) is 6.92 Å². The fourth-order valence-corrected chi connectivity index (χ4v) is 0.389. The molecule has 0 heterocycles. The summed E-state index contributed by atoms with van der Waals surface area (Å²) in [5.41, 5.74) is 0. The largest absolute Gasteiger partial charge is 0.421 e. The van der Waals surface area contributed by atoms with E-state index in [0.29, 0.717) is 6.92 Å². The van der Waals surface area contributed by atoms with E-state index in [1.807, 2.05) is 0 Å². The summed E-state index contributed by atoms with van der Waals surface area (Å²) in [6.07, 6.45) is -7.82. The molecule has 0 aromatic heterocycles. The van der Waals surface area contributed by atoms with E-state index in [2.05, 4.69) is 0 Å². The average molecular weight is 173 g/mol. The minimum atomic E-state index is -4.92. The van der Waals surface area contributed by atoms with Crippen LogP contribution >= 0.6 is 0 Å². The van der Waals surface area contributed by atoms with Crippen LogP contribution < -0.4 is 0 Å². The molecule has 0 aromatic rings. The third-order valence-corrected chi connectivity index (χ3v) is 1.12. The van der Waals surface area contributed by atoms with E-state index in [0.717, 1.165) is 0 Å². The molecule has 0 aliphatic rings. The van der Waals surface area contributed by atoms with Crippen molar-refractivity contribution in [1.29, 1.82) is 0 Å². The topological polar surface area (TPSA) is 63.4 Å². The SMILES string of the molecule is C[C@H]([C@@H](O)C(F)(F)F)[N+](=O)[O-]. The Morgan fingerprint density at radius 2 is 1.91 bits per heavy atom. The van der Waals surface area contributed by atoms with Crippen molar-refractivity contribution in [3.05, 3.63) is 10.1 Å². The summed E-state index contributed by atoms with van der Waals surface area (Å²) in [7, 11) is 0. The number of nitrogens with zero attached hydrogens (tertiary/aromatic N) is 1. The van der Waals surface area contributed by atoms with Gasteiger partial charge in [-0.2, -0.15) is 13.2 Å². The minimum Gasteiger partial charge on any atom is -0.378 e. The van der Waals surface area contributed by atoms with Gasteiger partial charge >= 0.3 is 6.18 Å². The zero-order valence-electron chi connectivity index (χ0n) is 5.50. The van der Waals surface area contributed by atoms with Gasteiger partial charge in [0, 0.05) is 11.8 Å². The molecular weight excluding hydrogens is 167 g/mol. The highest BCUT2D eigenvalue weighted by atomic mass is 19.4. The van der Waals surface area contributed by atoms with Gasteiger partial charge in [0.1, 0.15) is 0 Å². The Morgan fingerprint density at radius 3 is 2.00 bits per heavy atom. The molecule has 2 atom stereocenters. The van der Waals surface area contributed by atoms with Gasteiger partial charge in [-0.25, -0.2) is 0 Å². The van der Waals surface area contributed by atoms with Crippen molar-refractivity contribution >= 4 is 0 Å². The van der Waals surface area contributed by atoms with E-state index in [1.54, 1.807) is 0 Å². The molecule has 1 N–H and O–H groups in total. The third-order valence-electron chi connectivity index (χ3n) is 1.12. The highest BCUT2D eigenvalue weighted by Gasteiger charge is 2.47. The maximum absolute atomic E-state index is 11.5. The molecule has 11 heavy (non-hydrogen) atoms. The third kappa shape index (κ3) is 2.71. The number of halogens is 3. The highest BCUT2D eigenvalue weighted by molar-refractivity contribution is 4.70. The molecule has 0 aromatic carbocycles. The Bertz CT molecular complexity index is 157. The smallest absolute Gasteiger partial charge is 0.378 e. The van der Waals surface area contributed by atoms with Crippen LogP contribution in [-0.2, 0) is 0 Å². The van der Waals surface area contributed by atoms with Crippen molar-refractivity contribution in [2.75, 3.05) is 0 Å². The average Bonchev–Trinajstić information content (AvgIpc) is 1.82. The van der Waals surface area contributed by atoms with Gasteiger partial charge in [0.25, 0.3) is 0 Å². The van der Waals surface area contributed by atoms with E-state index >= 15 is 0 Å². The van der Waals surface area contributed by atoms with Crippen LogP contribution in [0.3, 0.4) is 0 Å². The fourth-order valence-electron chi connectivity index (χ4n) is 0.389. The van der Waals surface area contributed by atoms with Gasteiger partial charge in [-0.3, -0.25) is 10.1 Å². The van der Waals surface area contributed by atoms with Crippen molar-refractivity contribution in [2.24, 2.45) is 0 Å². The van der Waals surface area contributed by atoms with Crippen LogP contribution in [0.4, 0.5) is 13.2 Å². The van der Waals surface area contributed by atoms with Gasteiger partial charge in [0.15, 0.2) is 0 Å². The van der Waals surface area contributed by atoms with Crippen LogP contribution in [0.5, 0.6) is 0 Å². The zero-order chi connectivity index (χ0) is 9.23. The molecule has 0 amide bonds. The molecule has 0 bridgehead atoms. The first-order chi connectivity index (χ1) is 4.76. The lowest BCUT2D eigenvalue weighted by Gasteiger charge is -2.14. The van der Waals surface area contributed by atoms with Crippen molar-refractivity contribution in [3.8, 4) is 0 Å². The lowest BCUT2D eigenvalue weighted by Crippen LogP contribution is -2.42. The molecule has 0 radical (unpaired) electrons. The number of hydrogen-bond donors (Lipinski definition) is 1. The lowest BCUT2D eigenvalue weighted by molar-refractivity contribution is -0.539. The Hall–Kier alpha value is -0.850. The van der Waals surface area contributed by atoms with Gasteiger partial charge in [-0.1, -0.05) is 0 Å².